The van der Waals surface area contributed by atoms with Crippen molar-refractivity contribution in [3.63, 3.8) is 0 Å². The van der Waals surface area contributed by atoms with Crippen LogP contribution in [0.15, 0.2) is 47.4 Å². The molecule has 2 aromatic rings. The predicted octanol–water partition coefficient (Wildman–Crippen LogP) is 2.84. The summed E-state index contributed by atoms with van der Waals surface area (Å²) in [5.74, 6) is -1.38. The number of nitrogens with zero attached hydrogens (tertiary/aromatic N) is 1. The molecule has 0 aliphatic heterocycles. The molecule has 0 saturated carbocycles. The van der Waals surface area contributed by atoms with Gasteiger partial charge in [-0.15, -0.1) is 0 Å². The van der Waals surface area contributed by atoms with E-state index >= 15 is 0 Å². The van der Waals surface area contributed by atoms with E-state index in [1.54, 1.807) is 13.0 Å². The summed E-state index contributed by atoms with van der Waals surface area (Å²) < 4.78 is 49.9. The van der Waals surface area contributed by atoms with Gasteiger partial charge in [-0.3, -0.25) is 4.31 Å². The highest BCUT2D eigenvalue weighted by Gasteiger charge is 2.23. The Bertz CT molecular complexity index is 882. The van der Waals surface area contributed by atoms with E-state index in [1.807, 2.05) is 0 Å². The Morgan fingerprint density at radius 3 is 2.52 bits per heavy atom. The van der Waals surface area contributed by atoms with Gasteiger partial charge in [-0.25, -0.2) is 17.6 Å². The van der Waals surface area contributed by atoms with Gasteiger partial charge in [0.05, 0.1) is 29.9 Å². The number of halogens is 1. The van der Waals surface area contributed by atoms with Gasteiger partial charge in [-0.2, -0.15) is 0 Å². The first-order valence-electron chi connectivity index (χ1n) is 7.41. The number of rotatable bonds is 6. The maximum atomic E-state index is 13.8. The molecule has 0 atom stereocenters. The number of hydrogen-bond acceptors (Lipinski definition) is 5. The average Bonchev–Trinajstić information content (AvgIpc) is 2.61. The third-order valence-electron chi connectivity index (χ3n) is 3.50. The van der Waals surface area contributed by atoms with Crippen LogP contribution < -0.4 is 9.04 Å². The van der Waals surface area contributed by atoms with E-state index in [9.17, 15) is 17.6 Å². The normalized spacial score (nSPS) is 11.0. The third-order valence-corrected chi connectivity index (χ3v) is 5.28. The molecule has 6 nitrogen and oxygen atoms in total. The molecule has 0 aromatic heterocycles. The van der Waals surface area contributed by atoms with Crippen LogP contribution in [0, 0.1) is 5.82 Å². The molecule has 0 radical (unpaired) electrons. The van der Waals surface area contributed by atoms with Crippen molar-refractivity contribution in [3.05, 3.63) is 53.8 Å². The second kappa shape index (κ2) is 7.52. The van der Waals surface area contributed by atoms with Crippen LogP contribution >= 0.6 is 0 Å². The molecule has 0 amide bonds. The van der Waals surface area contributed by atoms with Crippen molar-refractivity contribution in [2.75, 3.05) is 25.1 Å². The quantitative estimate of drug-likeness (QED) is 0.734. The maximum absolute atomic E-state index is 13.8. The Balaban J connectivity index is 2.39. The van der Waals surface area contributed by atoms with Crippen LogP contribution in [0.4, 0.5) is 10.1 Å². The van der Waals surface area contributed by atoms with Crippen LogP contribution in [-0.4, -0.2) is 35.2 Å². The van der Waals surface area contributed by atoms with E-state index < -0.39 is 21.8 Å². The van der Waals surface area contributed by atoms with Gasteiger partial charge in [-0.1, -0.05) is 6.07 Å². The molecule has 0 heterocycles. The molecule has 0 spiro atoms. The monoisotopic (exact) mass is 367 g/mol. The Morgan fingerprint density at radius 2 is 1.92 bits per heavy atom. The van der Waals surface area contributed by atoms with E-state index in [2.05, 4.69) is 0 Å². The smallest absolute Gasteiger partial charge is 0.338 e. The SMILES string of the molecule is CCOC(=O)c1cccc(N(C)S(=O)(=O)c2ccc(OC)c(F)c2)c1. The highest BCUT2D eigenvalue weighted by Crippen LogP contribution is 2.26. The Labute approximate surface area is 145 Å². The number of methoxy groups -OCH3 is 1. The van der Waals surface area contributed by atoms with Gasteiger partial charge in [0.2, 0.25) is 0 Å². The molecule has 0 fully saturated rings. The van der Waals surface area contributed by atoms with Crippen LogP contribution in [-0.2, 0) is 14.8 Å². The van der Waals surface area contributed by atoms with Crippen LogP contribution in [0.3, 0.4) is 0 Å². The summed E-state index contributed by atoms with van der Waals surface area (Å²) in [5, 5.41) is 0. The first kappa shape index (κ1) is 18.7. The molecule has 0 N–H and O–H groups in total. The number of benzene rings is 2. The largest absolute Gasteiger partial charge is 0.494 e. The molecule has 25 heavy (non-hydrogen) atoms. The number of esters is 1. The summed E-state index contributed by atoms with van der Waals surface area (Å²) in [6, 6.07) is 9.38. The number of ether oxygens (including phenoxy) is 2. The van der Waals surface area contributed by atoms with E-state index in [1.165, 1.54) is 44.5 Å². The fraction of sp³-hybridized carbons (Fsp3) is 0.235. The second-order valence-electron chi connectivity index (χ2n) is 5.04. The fourth-order valence-corrected chi connectivity index (χ4v) is 3.35. The first-order valence-corrected chi connectivity index (χ1v) is 8.85. The minimum Gasteiger partial charge on any atom is -0.494 e. The zero-order chi connectivity index (χ0) is 18.6. The highest BCUT2D eigenvalue weighted by atomic mass is 32.2. The van der Waals surface area contributed by atoms with Crippen molar-refractivity contribution in [1.82, 2.24) is 0 Å². The van der Waals surface area contributed by atoms with Crippen LogP contribution in [0.1, 0.15) is 17.3 Å². The summed E-state index contributed by atoms with van der Waals surface area (Å²) in [5.41, 5.74) is 0.476. The van der Waals surface area contributed by atoms with Crippen molar-refractivity contribution in [2.45, 2.75) is 11.8 Å². The molecule has 134 valence electrons. The lowest BCUT2D eigenvalue weighted by Gasteiger charge is -2.20. The van der Waals surface area contributed by atoms with Crippen LogP contribution in [0.5, 0.6) is 5.75 Å². The zero-order valence-corrected chi connectivity index (χ0v) is 14.8. The number of sulfonamides is 1. The van der Waals surface area contributed by atoms with Crippen molar-refractivity contribution in [1.29, 1.82) is 0 Å². The Kier molecular flexibility index (Phi) is 5.63. The fourth-order valence-electron chi connectivity index (χ4n) is 2.15. The summed E-state index contributed by atoms with van der Waals surface area (Å²) in [4.78, 5) is 11.6. The summed E-state index contributed by atoms with van der Waals surface area (Å²) >= 11 is 0. The molecule has 2 rings (SSSR count). The number of anilines is 1. The van der Waals surface area contributed by atoms with Crippen molar-refractivity contribution >= 4 is 21.7 Å². The van der Waals surface area contributed by atoms with Gasteiger partial charge in [0.25, 0.3) is 10.0 Å². The third kappa shape index (κ3) is 3.90. The molecule has 0 saturated heterocycles. The molecule has 8 heteroatoms. The van der Waals surface area contributed by atoms with Gasteiger partial charge in [-0.05, 0) is 43.3 Å². The molecule has 0 aliphatic rings. The minimum atomic E-state index is -4.01. The summed E-state index contributed by atoms with van der Waals surface area (Å²) in [6.45, 7) is 1.89. The van der Waals surface area contributed by atoms with E-state index in [0.29, 0.717) is 0 Å². The lowest BCUT2D eigenvalue weighted by molar-refractivity contribution is 0.0526. The zero-order valence-electron chi connectivity index (χ0n) is 14.0. The topological polar surface area (TPSA) is 72.9 Å². The van der Waals surface area contributed by atoms with Gasteiger partial charge >= 0.3 is 5.97 Å². The van der Waals surface area contributed by atoms with Crippen molar-refractivity contribution < 1.29 is 27.1 Å². The van der Waals surface area contributed by atoms with E-state index in [-0.39, 0.29) is 28.5 Å². The first-order chi connectivity index (χ1) is 11.8. The van der Waals surface area contributed by atoms with Gasteiger partial charge < -0.3 is 9.47 Å². The number of carbonyl (C=O) groups excluding carboxylic acids is 1. The van der Waals surface area contributed by atoms with Gasteiger partial charge in [0.15, 0.2) is 11.6 Å². The van der Waals surface area contributed by atoms with Gasteiger partial charge in [0, 0.05) is 7.05 Å². The minimum absolute atomic E-state index is 0.0501. The van der Waals surface area contributed by atoms with Crippen molar-refractivity contribution in [2.24, 2.45) is 0 Å². The highest BCUT2D eigenvalue weighted by molar-refractivity contribution is 7.92. The molecule has 2 aromatic carbocycles. The standard InChI is InChI=1S/C17H18FNO5S/c1-4-24-17(20)12-6-5-7-13(10-12)19(2)25(21,22)14-8-9-16(23-3)15(18)11-14/h5-11H,4H2,1-3H3. The second-order valence-corrected chi connectivity index (χ2v) is 7.01. The van der Waals surface area contributed by atoms with Gasteiger partial charge in [0.1, 0.15) is 0 Å². The number of hydrogen-bond donors (Lipinski definition) is 0. The molecular formula is C17H18FNO5S. The maximum Gasteiger partial charge on any atom is 0.338 e. The Morgan fingerprint density at radius 1 is 1.20 bits per heavy atom. The van der Waals surface area contributed by atoms with Crippen LogP contribution in [0.25, 0.3) is 0 Å². The summed E-state index contributed by atoms with van der Waals surface area (Å²) in [6.07, 6.45) is 0. The lowest BCUT2D eigenvalue weighted by atomic mass is 10.2. The predicted molar refractivity (Wildman–Crippen MR) is 90.9 cm³/mol. The summed E-state index contributed by atoms with van der Waals surface area (Å²) in [7, 11) is -1.40. The molecule has 0 aliphatic carbocycles. The van der Waals surface area contributed by atoms with E-state index in [0.717, 1.165) is 10.4 Å². The molecule has 0 unspecified atom stereocenters. The molecular weight excluding hydrogens is 349 g/mol. The van der Waals surface area contributed by atoms with Crippen LogP contribution in [0.2, 0.25) is 0 Å². The Hall–Kier alpha value is -2.61. The lowest BCUT2D eigenvalue weighted by Crippen LogP contribution is -2.27. The molecule has 0 bridgehead atoms. The average molecular weight is 367 g/mol. The van der Waals surface area contributed by atoms with E-state index in [4.69, 9.17) is 9.47 Å². The van der Waals surface area contributed by atoms with Crippen molar-refractivity contribution in [3.8, 4) is 5.75 Å². The number of carbonyl (C=O) groups is 1.